The van der Waals surface area contributed by atoms with Crippen molar-refractivity contribution in [1.29, 1.82) is 0 Å². The van der Waals surface area contributed by atoms with E-state index in [1.54, 1.807) is 36.0 Å². The largest absolute Gasteiger partial charge is 0.484 e. The van der Waals surface area contributed by atoms with E-state index in [4.69, 9.17) is 4.74 Å². The summed E-state index contributed by atoms with van der Waals surface area (Å²) in [6.07, 6.45) is 1.96. The first-order valence-corrected chi connectivity index (χ1v) is 7.99. The van der Waals surface area contributed by atoms with Crippen LogP contribution in [0.2, 0.25) is 0 Å². The van der Waals surface area contributed by atoms with E-state index in [2.05, 4.69) is 5.32 Å². The van der Waals surface area contributed by atoms with E-state index < -0.39 is 0 Å². The van der Waals surface area contributed by atoms with Gasteiger partial charge in [0.2, 0.25) is 0 Å². The van der Waals surface area contributed by atoms with Gasteiger partial charge in [0.05, 0.1) is 5.69 Å². The van der Waals surface area contributed by atoms with Crippen LogP contribution in [0, 0.1) is 0 Å². The number of rotatable bonds is 6. The van der Waals surface area contributed by atoms with Gasteiger partial charge in [-0.15, -0.1) is 11.8 Å². The molecule has 0 heterocycles. The van der Waals surface area contributed by atoms with Gasteiger partial charge in [0.25, 0.3) is 5.91 Å². The Morgan fingerprint density at radius 2 is 1.77 bits per heavy atom. The van der Waals surface area contributed by atoms with Crippen LogP contribution in [0.25, 0.3) is 0 Å². The summed E-state index contributed by atoms with van der Waals surface area (Å²) in [6.45, 7) is 1.43. The second-order valence-corrected chi connectivity index (χ2v) is 5.47. The van der Waals surface area contributed by atoms with Gasteiger partial charge in [-0.2, -0.15) is 0 Å². The monoisotopic (exact) mass is 315 g/mol. The van der Waals surface area contributed by atoms with Gasteiger partial charge in [-0.25, -0.2) is 0 Å². The van der Waals surface area contributed by atoms with E-state index in [9.17, 15) is 9.59 Å². The third kappa shape index (κ3) is 4.36. The first-order valence-electron chi connectivity index (χ1n) is 6.77. The number of ether oxygens (including phenoxy) is 1. The van der Waals surface area contributed by atoms with Gasteiger partial charge < -0.3 is 10.1 Å². The second-order valence-electron chi connectivity index (χ2n) is 4.62. The molecule has 4 nitrogen and oxygen atoms in total. The summed E-state index contributed by atoms with van der Waals surface area (Å²) in [5.74, 6) is 0.327. The number of hydrogen-bond donors (Lipinski definition) is 1. The number of carbonyl (C=O) groups is 2. The standard InChI is InChI=1S/C17H17NO3S/c1-12(19)13-7-9-14(10-8-13)21-11-17(20)18-15-5-3-4-6-16(15)22-2/h3-10H,11H2,1-2H3,(H,18,20). The minimum absolute atomic E-state index is 0.00188. The van der Waals surface area contributed by atoms with Crippen LogP contribution < -0.4 is 10.1 Å². The lowest BCUT2D eigenvalue weighted by Crippen LogP contribution is -2.20. The maximum Gasteiger partial charge on any atom is 0.262 e. The minimum atomic E-state index is -0.225. The van der Waals surface area contributed by atoms with Gasteiger partial charge in [0, 0.05) is 10.5 Å². The van der Waals surface area contributed by atoms with Gasteiger partial charge in [-0.3, -0.25) is 9.59 Å². The number of ketones is 1. The Labute approximate surface area is 133 Å². The fourth-order valence-corrected chi connectivity index (χ4v) is 2.42. The highest BCUT2D eigenvalue weighted by Crippen LogP contribution is 2.24. The topological polar surface area (TPSA) is 55.4 Å². The number of nitrogens with one attached hydrogen (secondary N) is 1. The summed E-state index contributed by atoms with van der Waals surface area (Å²) in [5, 5.41) is 2.82. The van der Waals surface area contributed by atoms with Crippen LogP contribution in [0.1, 0.15) is 17.3 Å². The van der Waals surface area contributed by atoms with Gasteiger partial charge in [0.1, 0.15) is 5.75 Å². The van der Waals surface area contributed by atoms with Crippen molar-refractivity contribution in [3.8, 4) is 5.75 Å². The Morgan fingerprint density at radius 1 is 1.09 bits per heavy atom. The second kappa shape index (κ2) is 7.66. The molecular weight excluding hydrogens is 298 g/mol. The molecule has 0 bridgehead atoms. The summed E-state index contributed by atoms with van der Waals surface area (Å²) in [6, 6.07) is 14.3. The number of anilines is 1. The summed E-state index contributed by atoms with van der Waals surface area (Å²) in [4.78, 5) is 24.1. The molecule has 5 heteroatoms. The molecule has 0 radical (unpaired) electrons. The third-order valence-corrected chi connectivity index (χ3v) is 3.81. The highest BCUT2D eigenvalue weighted by atomic mass is 32.2. The highest BCUT2D eigenvalue weighted by molar-refractivity contribution is 7.98. The Hall–Kier alpha value is -2.27. The van der Waals surface area contributed by atoms with E-state index in [1.165, 1.54) is 6.92 Å². The SMILES string of the molecule is CSc1ccccc1NC(=O)COc1ccc(C(C)=O)cc1. The molecule has 0 spiro atoms. The average Bonchev–Trinajstić information content (AvgIpc) is 2.54. The molecule has 0 atom stereocenters. The average molecular weight is 315 g/mol. The third-order valence-electron chi connectivity index (χ3n) is 3.01. The van der Waals surface area contributed by atoms with Gasteiger partial charge in [-0.1, -0.05) is 12.1 Å². The Balaban J connectivity index is 1.91. The zero-order valence-corrected chi connectivity index (χ0v) is 13.3. The smallest absolute Gasteiger partial charge is 0.262 e. The molecule has 0 saturated heterocycles. The van der Waals surface area contributed by atoms with E-state index in [-0.39, 0.29) is 18.3 Å². The van der Waals surface area contributed by atoms with Gasteiger partial charge in [0.15, 0.2) is 12.4 Å². The van der Waals surface area contributed by atoms with E-state index in [0.717, 1.165) is 10.6 Å². The Kier molecular flexibility index (Phi) is 5.61. The highest BCUT2D eigenvalue weighted by Gasteiger charge is 2.07. The van der Waals surface area contributed by atoms with E-state index >= 15 is 0 Å². The number of benzene rings is 2. The van der Waals surface area contributed by atoms with Crippen molar-refractivity contribution in [2.24, 2.45) is 0 Å². The van der Waals surface area contributed by atoms with Gasteiger partial charge in [-0.05, 0) is 49.6 Å². The molecule has 1 N–H and O–H groups in total. The van der Waals surface area contributed by atoms with E-state index in [0.29, 0.717) is 11.3 Å². The van der Waals surface area contributed by atoms with Crippen LogP contribution in [0.4, 0.5) is 5.69 Å². The molecule has 2 aromatic carbocycles. The predicted octanol–water partition coefficient (Wildman–Crippen LogP) is 3.63. The number of thioether (sulfide) groups is 1. The van der Waals surface area contributed by atoms with Crippen LogP contribution in [-0.4, -0.2) is 24.6 Å². The quantitative estimate of drug-likeness (QED) is 0.653. The fourth-order valence-electron chi connectivity index (χ4n) is 1.87. The zero-order valence-electron chi connectivity index (χ0n) is 12.5. The molecule has 0 aliphatic carbocycles. The zero-order chi connectivity index (χ0) is 15.9. The van der Waals surface area contributed by atoms with Crippen molar-refractivity contribution < 1.29 is 14.3 Å². The number of hydrogen-bond acceptors (Lipinski definition) is 4. The lowest BCUT2D eigenvalue weighted by atomic mass is 10.1. The molecule has 0 fully saturated rings. The lowest BCUT2D eigenvalue weighted by molar-refractivity contribution is -0.118. The summed E-state index contributed by atoms with van der Waals surface area (Å²) in [7, 11) is 0. The van der Waals surface area contributed by atoms with Gasteiger partial charge >= 0.3 is 0 Å². The van der Waals surface area contributed by atoms with Crippen LogP contribution in [0.15, 0.2) is 53.4 Å². The minimum Gasteiger partial charge on any atom is -0.484 e. The van der Waals surface area contributed by atoms with Crippen LogP contribution >= 0.6 is 11.8 Å². The lowest BCUT2D eigenvalue weighted by Gasteiger charge is -2.10. The van der Waals surface area contributed by atoms with Crippen molar-refractivity contribution in [2.75, 3.05) is 18.2 Å². The molecule has 0 unspecified atom stereocenters. The van der Waals surface area contributed by atoms with Crippen molar-refractivity contribution in [2.45, 2.75) is 11.8 Å². The van der Waals surface area contributed by atoms with Crippen molar-refractivity contribution in [3.05, 3.63) is 54.1 Å². The first-order chi connectivity index (χ1) is 10.6. The first kappa shape index (κ1) is 16.1. The maximum absolute atomic E-state index is 11.9. The van der Waals surface area contributed by atoms with Crippen LogP contribution in [0.3, 0.4) is 0 Å². The number of para-hydroxylation sites is 1. The predicted molar refractivity (Wildman–Crippen MR) is 88.8 cm³/mol. The molecule has 2 aromatic rings. The van der Waals surface area contributed by atoms with Crippen molar-refractivity contribution in [3.63, 3.8) is 0 Å². The van der Waals surface area contributed by atoms with E-state index in [1.807, 2.05) is 30.5 Å². The summed E-state index contributed by atoms with van der Waals surface area (Å²) >= 11 is 1.57. The molecule has 0 aromatic heterocycles. The normalized spacial score (nSPS) is 10.1. The molecule has 2 rings (SSSR count). The number of carbonyl (C=O) groups excluding carboxylic acids is 2. The number of amides is 1. The summed E-state index contributed by atoms with van der Waals surface area (Å²) in [5.41, 5.74) is 1.39. The molecule has 114 valence electrons. The maximum atomic E-state index is 11.9. The molecule has 0 saturated carbocycles. The molecule has 22 heavy (non-hydrogen) atoms. The van der Waals surface area contributed by atoms with Crippen LogP contribution in [0.5, 0.6) is 5.75 Å². The Morgan fingerprint density at radius 3 is 2.41 bits per heavy atom. The molecule has 0 aliphatic rings. The number of Topliss-reactive ketones (excluding diaryl/α,β-unsaturated/α-hetero) is 1. The summed E-state index contributed by atoms with van der Waals surface area (Å²) < 4.78 is 5.42. The van der Waals surface area contributed by atoms with Crippen LogP contribution in [-0.2, 0) is 4.79 Å². The molecule has 1 amide bonds. The Bertz CT molecular complexity index is 668. The molecule has 0 aliphatic heterocycles. The van der Waals surface area contributed by atoms with Crippen molar-refractivity contribution in [1.82, 2.24) is 0 Å². The fraction of sp³-hybridized carbons (Fsp3) is 0.176. The molecular formula is C17H17NO3S. The van der Waals surface area contributed by atoms with Crippen molar-refractivity contribution >= 4 is 29.1 Å².